The average molecular weight is 421 g/mol. The van der Waals surface area contributed by atoms with Crippen LogP contribution in [0.5, 0.6) is 0 Å². The van der Waals surface area contributed by atoms with Crippen LogP contribution in [-0.4, -0.2) is 31.7 Å². The minimum Gasteiger partial charge on any atom is -0.365 e. The SMILES string of the molecule is NC(=O)c1sc2ccccc2c1[C@@H]1CCN(S(=O)(=O)c2ccc(Cl)cc2)C1. The van der Waals surface area contributed by atoms with Crippen LogP contribution in [0.1, 0.15) is 27.6 Å². The molecule has 0 bridgehead atoms. The molecule has 0 spiro atoms. The van der Waals surface area contributed by atoms with E-state index in [1.807, 2.05) is 24.3 Å². The normalized spacial score (nSPS) is 18.2. The molecule has 1 aromatic heterocycles. The fraction of sp³-hybridized carbons (Fsp3) is 0.211. The highest BCUT2D eigenvalue weighted by atomic mass is 35.5. The summed E-state index contributed by atoms with van der Waals surface area (Å²) < 4.78 is 28.3. The molecule has 0 saturated carbocycles. The fourth-order valence-electron chi connectivity index (χ4n) is 3.59. The topological polar surface area (TPSA) is 80.5 Å². The van der Waals surface area contributed by atoms with Crippen molar-refractivity contribution in [3.05, 3.63) is 64.0 Å². The molecule has 5 nitrogen and oxygen atoms in total. The first-order valence-corrected chi connectivity index (χ1v) is 11.1. The van der Waals surface area contributed by atoms with Crippen molar-refractivity contribution in [1.82, 2.24) is 4.31 Å². The third-order valence-corrected chi connectivity index (χ3v) is 8.20. The van der Waals surface area contributed by atoms with Crippen LogP contribution < -0.4 is 5.73 Å². The third kappa shape index (κ3) is 3.25. The fourth-order valence-corrected chi connectivity index (χ4v) is 6.36. The van der Waals surface area contributed by atoms with Crippen molar-refractivity contribution < 1.29 is 13.2 Å². The van der Waals surface area contributed by atoms with Crippen LogP contribution in [0.2, 0.25) is 5.02 Å². The molecule has 0 aliphatic carbocycles. The van der Waals surface area contributed by atoms with Crippen molar-refractivity contribution in [2.24, 2.45) is 5.73 Å². The molecule has 1 fully saturated rings. The summed E-state index contributed by atoms with van der Waals surface area (Å²) in [5.41, 5.74) is 6.47. The number of halogens is 1. The number of carbonyl (C=O) groups excluding carboxylic acids is 1. The van der Waals surface area contributed by atoms with Gasteiger partial charge in [-0.25, -0.2) is 8.42 Å². The quantitative estimate of drug-likeness (QED) is 0.696. The number of primary amides is 1. The Hall–Kier alpha value is -1.93. The second-order valence-electron chi connectivity index (χ2n) is 6.51. The molecule has 0 unspecified atom stereocenters. The van der Waals surface area contributed by atoms with Crippen LogP contribution in [0.4, 0.5) is 0 Å². The Morgan fingerprint density at radius 3 is 2.56 bits per heavy atom. The first-order chi connectivity index (χ1) is 12.9. The highest BCUT2D eigenvalue weighted by molar-refractivity contribution is 7.89. The van der Waals surface area contributed by atoms with E-state index in [-0.39, 0.29) is 10.8 Å². The number of amides is 1. The molecule has 0 radical (unpaired) electrons. The number of nitrogens with zero attached hydrogens (tertiary/aromatic N) is 1. The van der Waals surface area contributed by atoms with Gasteiger partial charge < -0.3 is 5.73 Å². The van der Waals surface area contributed by atoms with Crippen LogP contribution >= 0.6 is 22.9 Å². The van der Waals surface area contributed by atoms with E-state index < -0.39 is 15.9 Å². The minimum absolute atomic E-state index is 0.0641. The standard InChI is InChI=1S/C19H17ClN2O3S2/c20-13-5-7-14(8-6-13)27(24,25)22-10-9-12(11-22)17-15-3-1-2-4-16(15)26-18(17)19(21)23/h1-8,12H,9-11H2,(H2,21,23)/t12-/m1/s1. The van der Waals surface area contributed by atoms with Gasteiger partial charge in [0.05, 0.1) is 9.77 Å². The molecule has 1 amide bonds. The van der Waals surface area contributed by atoms with Gasteiger partial charge in [0, 0.05) is 28.7 Å². The average Bonchev–Trinajstić information content (AvgIpc) is 3.27. The summed E-state index contributed by atoms with van der Waals surface area (Å²) in [5, 5.41) is 1.47. The number of fused-ring (bicyclic) bond motifs is 1. The minimum atomic E-state index is -3.60. The van der Waals surface area contributed by atoms with Crippen molar-refractivity contribution in [2.45, 2.75) is 17.2 Å². The summed E-state index contributed by atoms with van der Waals surface area (Å²) in [6.45, 7) is 0.726. The summed E-state index contributed by atoms with van der Waals surface area (Å²) in [6.07, 6.45) is 0.647. The van der Waals surface area contributed by atoms with Crippen LogP contribution in [-0.2, 0) is 10.0 Å². The Kier molecular flexibility index (Phi) is 4.71. The van der Waals surface area contributed by atoms with Gasteiger partial charge in [0.1, 0.15) is 0 Å². The van der Waals surface area contributed by atoms with Gasteiger partial charge in [0.25, 0.3) is 5.91 Å². The van der Waals surface area contributed by atoms with E-state index in [0.29, 0.717) is 29.4 Å². The molecule has 1 atom stereocenters. The zero-order valence-electron chi connectivity index (χ0n) is 14.3. The van der Waals surface area contributed by atoms with E-state index in [1.54, 1.807) is 12.1 Å². The van der Waals surface area contributed by atoms with E-state index in [2.05, 4.69) is 0 Å². The van der Waals surface area contributed by atoms with Crippen molar-refractivity contribution in [2.75, 3.05) is 13.1 Å². The van der Waals surface area contributed by atoms with E-state index in [0.717, 1.165) is 15.6 Å². The number of sulfonamides is 1. The molecular weight excluding hydrogens is 404 g/mol. The number of benzene rings is 2. The second kappa shape index (κ2) is 6.91. The van der Waals surface area contributed by atoms with E-state index >= 15 is 0 Å². The lowest BCUT2D eigenvalue weighted by Crippen LogP contribution is -2.28. The number of hydrogen-bond acceptors (Lipinski definition) is 4. The second-order valence-corrected chi connectivity index (χ2v) is 9.93. The molecule has 2 heterocycles. The summed E-state index contributed by atoms with van der Waals surface area (Å²) in [6, 6.07) is 13.9. The zero-order chi connectivity index (χ0) is 19.2. The molecule has 1 saturated heterocycles. The molecule has 2 aromatic carbocycles. The molecule has 140 valence electrons. The van der Waals surface area contributed by atoms with Gasteiger partial charge in [-0.3, -0.25) is 4.79 Å². The molecular formula is C19H17ClN2O3S2. The zero-order valence-corrected chi connectivity index (χ0v) is 16.7. The van der Waals surface area contributed by atoms with Crippen molar-refractivity contribution in [3.8, 4) is 0 Å². The lowest BCUT2D eigenvalue weighted by atomic mass is 9.95. The number of hydrogen-bond donors (Lipinski definition) is 1. The molecule has 8 heteroatoms. The summed E-state index contributed by atoms with van der Waals surface area (Å²) in [4.78, 5) is 12.7. The Bertz CT molecular complexity index is 1120. The van der Waals surface area contributed by atoms with Gasteiger partial charge in [0.2, 0.25) is 10.0 Å². The van der Waals surface area contributed by atoms with Crippen LogP contribution in [0.25, 0.3) is 10.1 Å². The molecule has 27 heavy (non-hydrogen) atoms. The Labute approximate surface area is 166 Å². The lowest BCUT2D eigenvalue weighted by Gasteiger charge is -2.17. The molecule has 1 aliphatic rings. The Morgan fingerprint density at radius 2 is 1.85 bits per heavy atom. The van der Waals surface area contributed by atoms with Crippen molar-refractivity contribution in [1.29, 1.82) is 0 Å². The third-order valence-electron chi connectivity index (χ3n) is 4.87. The van der Waals surface area contributed by atoms with Gasteiger partial charge >= 0.3 is 0 Å². The van der Waals surface area contributed by atoms with Gasteiger partial charge in [-0.15, -0.1) is 11.3 Å². The highest BCUT2D eigenvalue weighted by Crippen LogP contribution is 2.41. The largest absolute Gasteiger partial charge is 0.365 e. The van der Waals surface area contributed by atoms with E-state index in [4.69, 9.17) is 17.3 Å². The van der Waals surface area contributed by atoms with E-state index in [1.165, 1.54) is 27.8 Å². The smallest absolute Gasteiger partial charge is 0.259 e. The van der Waals surface area contributed by atoms with Crippen LogP contribution in [0, 0.1) is 0 Å². The van der Waals surface area contributed by atoms with Gasteiger partial charge in [-0.1, -0.05) is 29.8 Å². The molecule has 3 aromatic rings. The first kappa shape index (κ1) is 18.4. The maximum absolute atomic E-state index is 12.9. The molecule has 4 rings (SSSR count). The van der Waals surface area contributed by atoms with Crippen molar-refractivity contribution >= 4 is 49.0 Å². The Balaban J connectivity index is 1.69. The van der Waals surface area contributed by atoms with Crippen LogP contribution in [0.3, 0.4) is 0 Å². The van der Waals surface area contributed by atoms with Crippen LogP contribution in [0.15, 0.2) is 53.4 Å². The van der Waals surface area contributed by atoms with Gasteiger partial charge in [0.15, 0.2) is 0 Å². The first-order valence-electron chi connectivity index (χ1n) is 8.45. The Morgan fingerprint density at radius 1 is 1.15 bits per heavy atom. The lowest BCUT2D eigenvalue weighted by molar-refractivity contribution is 0.100. The predicted octanol–water partition coefficient (Wildman–Crippen LogP) is 3.83. The maximum atomic E-state index is 12.9. The number of nitrogens with two attached hydrogens (primary N) is 1. The number of rotatable bonds is 4. The van der Waals surface area contributed by atoms with Crippen molar-refractivity contribution in [3.63, 3.8) is 0 Å². The van der Waals surface area contributed by atoms with Gasteiger partial charge in [-0.2, -0.15) is 4.31 Å². The molecule has 1 aliphatic heterocycles. The number of thiophene rings is 1. The summed E-state index contributed by atoms with van der Waals surface area (Å²) >= 11 is 7.23. The highest BCUT2D eigenvalue weighted by Gasteiger charge is 2.36. The summed E-state index contributed by atoms with van der Waals surface area (Å²) in [7, 11) is -3.60. The summed E-state index contributed by atoms with van der Waals surface area (Å²) in [5.74, 6) is -0.532. The van der Waals surface area contributed by atoms with E-state index in [9.17, 15) is 13.2 Å². The maximum Gasteiger partial charge on any atom is 0.259 e. The molecule has 2 N–H and O–H groups in total. The van der Waals surface area contributed by atoms with Gasteiger partial charge in [-0.05, 0) is 47.7 Å². The monoisotopic (exact) mass is 420 g/mol. The number of carbonyl (C=O) groups is 1. The predicted molar refractivity (Wildman–Crippen MR) is 108 cm³/mol.